The van der Waals surface area contributed by atoms with E-state index < -0.39 is 78.7 Å². The van der Waals surface area contributed by atoms with Crippen LogP contribution >= 0.6 is 0 Å². The van der Waals surface area contributed by atoms with Crippen molar-refractivity contribution in [3.05, 3.63) is 0 Å². The smallest absolute Gasteiger partial charge is 0.726 e. The summed E-state index contributed by atoms with van der Waals surface area (Å²) in [4.78, 5) is 0. The van der Waals surface area contributed by atoms with Crippen LogP contribution in [0.15, 0.2) is 0 Å². The van der Waals surface area contributed by atoms with E-state index in [1.54, 1.807) is 0 Å². The molecule has 0 bridgehead atoms. The van der Waals surface area contributed by atoms with Crippen molar-refractivity contribution in [3.63, 3.8) is 0 Å². The van der Waals surface area contributed by atoms with Crippen LogP contribution in [0.1, 0.15) is 0 Å². The maximum Gasteiger partial charge on any atom is 1.00 e. The van der Waals surface area contributed by atoms with Gasteiger partial charge in [0.1, 0.15) is 48.8 Å². The summed E-state index contributed by atoms with van der Waals surface area (Å²) >= 11 is 0. The van der Waals surface area contributed by atoms with E-state index in [-0.39, 0.29) is 36.2 Å². The summed E-state index contributed by atoms with van der Waals surface area (Å²) in [6.45, 7) is -1.91. The van der Waals surface area contributed by atoms with Gasteiger partial charge in [0.2, 0.25) is 10.4 Å². The summed E-state index contributed by atoms with van der Waals surface area (Å²) in [5.41, 5.74) is 0. The van der Waals surface area contributed by atoms with Gasteiger partial charge in [-0.05, 0) is 0 Å². The van der Waals surface area contributed by atoms with E-state index in [1.807, 2.05) is 0 Å². The Labute approximate surface area is 176 Å². The molecule has 27 heavy (non-hydrogen) atoms. The quantitative estimate of drug-likeness (QED) is 0.126. The molecule has 0 amide bonds. The van der Waals surface area contributed by atoms with Crippen LogP contribution in [0.2, 0.25) is 0 Å². The molecule has 2 fully saturated rings. The first-order valence-corrected chi connectivity index (χ1v) is 8.92. The van der Waals surface area contributed by atoms with Crippen molar-refractivity contribution in [1.82, 2.24) is 0 Å². The molecule has 2 heterocycles. The molecule has 2 aliphatic heterocycles. The molecule has 0 aliphatic carbocycles. The van der Waals surface area contributed by atoms with Crippen LogP contribution in [-0.2, 0) is 28.8 Å². The van der Waals surface area contributed by atoms with Gasteiger partial charge < -0.3 is 49.4 Å². The van der Waals surface area contributed by atoms with Gasteiger partial charge in [0.25, 0.3) is 0 Å². The van der Waals surface area contributed by atoms with E-state index in [2.05, 4.69) is 4.18 Å². The molecule has 6 N–H and O–H groups in total. The average Bonchev–Trinajstić information content (AvgIpc) is 2.93. The van der Waals surface area contributed by atoms with E-state index in [0.717, 1.165) is 0 Å². The minimum atomic E-state index is -5.10. The molecule has 0 aromatic rings. The summed E-state index contributed by atoms with van der Waals surface area (Å²) in [5.74, 6) is 0. The Morgan fingerprint density at radius 3 is 2.33 bits per heavy atom. The molecule has 154 valence electrons. The van der Waals surface area contributed by atoms with Crippen LogP contribution in [0.3, 0.4) is 0 Å². The minimum absolute atomic E-state index is 0. The van der Waals surface area contributed by atoms with E-state index in [0.29, 0.717) is 0 Å². The SMILES string of the molecule is O=S(=O)([O-])OC[C@H]1O[C@@H](O[C@H]2[C@H]([C@H](O)CO)OC[C@@H]2O)[C@H](O)[C@@H](O)[C@H]1O.[Na+]. The summed E-state index contributed by atoms with van der Waals surface area (Å²) < 4.78 is 51.1. The van der Waals surface area contributed by atoms with Crippen LogP contribution in [0, 0.1) is 0 Å². The van der Waals surface area contributed by atoms with Gasteiger partial charge in [0, 0.05) is 0 Å². The molecule has 0 aromatic heterocycles. The van der Waals surface area contributed by atoms with Crippen LogP contribution < -0.4 is 29.6 Å². The maximum absolute atomic E-state index is 10.5. The number of ether oxygens (including phenoxy) is 3. The van der Waals surface area contributed by atoms with E-state index in [9.17, 15) is 38.5 Å². The molecule has 2 rings (SSSR count). The van der Waals surface area contributed by atoms with Gasteiger partial charge in [-0.15, -0.1) is 0 Å². The van der Waals surface area contributed by atoms with Crippen molar-refractivity contribution < 1.29 is 91.6 Å². The third-order valence-electron chi connectivity index (χ3n) is 4.07. The van der Waals surface area contributed by atoms with Gasteiger partial charge in [-0.2, -0.15) is 0 Å². The van der Waals surface area contributed by atoms with Crippen molar-refractivity contribution >= 4 is 10.4 Å². The number of aliphatic hydroxyl groups excluding tert-OH is 6. The van der Waals surface area contributed by atoms with Crippen LogP contribution in [0.25, 0.3) is 0 Å². The Kier molecular flexibility index (Phi) is 9.95. The Hall–Kier alpha value is 0.510. The number of hydrogen-bond donors (Lipinski definition) is 6. The van der Waals surface area contributed by atoms with Crippen molar-refractivity contribution in [1.29, 1.82) is 0 Å². The molecule has 13 nitrogen and oxygen atoms in total. The molecule has 2 saturated heterocycles. The Morgan fingerprint density at radius 1 is 1.15 bits per heavy atom. The Balaban J connectivity index is 0.00000364. The predicted octanol–water partition coefficient (Wildman–Crippen LogP) is -8.23. The fraction of sp³-hybridized carbons (Fsp3) is 1.00. The van der Waals surface area contributed by atoms with Crippen LogP contribution in [0.5, 0.6) is 0 Å². The van der Waals surface area contributed by atoms with Gasteiger partial charge in [0.15, 0.2) is 6.29 Å². The molecule has 0 radical (unpaired) electrons. The number of aliphatic hydroxyl groups is 6. The molecule has 0 saturated carbocycles. The van der Waals surface area contributed by atoms with Gasteiger partial charge in [-0.1, -0.05) is 0 Å². The zero-order chi connectivity index (χ0) is 19.6. The summed E-state index contributed by atoms with van der Waals surface area (Å²) in [7, 11) is -5.10. The van der Waals surface area contributed by atoms with Gasteiger partial charge in [-0.3, -0.25) is 4.18 Å². The largest absolute Gasteiger partial charge is 1.00 e. The van der Waals surface area contributed by atoms with Gasteiger partial charge in [0.05, 0.1) is 19.8 Å². The van der Waals surface area contributed by atoms with E-state index in [1.165, 1.54) is 0 Å². The zero-order valence-corrected chi connectivity index (χ0v) is 17.1. The van der Waals surface area contributed by atoms with Gasteiger partial charge in [-0.25, -0.2) is 8.42 Å². The number of hydrogen-bond acceptors (Lipinski definition) is 13. The van der Waals surface area contributed by atoms with Crippen molar-refractivity contribution in [2.45, 2.75) is 55.1 Å². The van der Waals surface area contributed by atoms with Gasteiger partial charge >= 0.3 is 29.6 Å². The second-order valence-corrected chi connectivity index (χ2v) is 6.98. The standard InChI is InChI=1S/C12H22O13S.Na/c13-1-4(14)10-11(5(15)2-22-10)25-12-9(18)8(17)7(16)6(24-12)3-23-26(19,20)21;/h4-18H,1-3H2,(H,19,20,21);/q;+1/p-1/t4-,5+,6-,7+,8+,9-,10+,11-,12+;/m1./s1. The monoisotopic (exact) mass is 428 g/mol. The third-order valence-corrected chi connectivity index (χ3v) is 4.49. The molecule has 0 aromatic carbocycles. The molecule has 2 aliphatic rings. The van der Waals surface area contributed by atoms with Crippen molar-refractivity contribution in [2.24, 2.45) is 0 Å². The fourth-order valence-electron chi connectivity index (χ4n) is 2.69. The minimum Gasteiger partial charge on any atom is -0.726 e. The molecular weight excluding hydrogens is 407 g/mol. The predicted molar refractivity (Wildman–Crippen MR) is 76.0 cm³/mol. The van der Waals surface area contributed by atoms with Crippen LogP contribution in [0.4, 0.5) is 0 Å². The first-order valence-electron chi connectivity index (χ1n) is 7.59. The molecule has 15 heteroatoms. The summed E-state index contributed by atoms with van der Waals surface area (Å²) in [6.07, 6.45) is -13.8. The van der Waals surface area contributed by atoms with Crippen LogP contribution in [-0.4, -0.2) is 119 Å². The summed E-state index contributed by atoms with van der Waals surface area (Å²) in [6, 6.07) is 0. The van der Waals surface area contributed by atoms with E-state index in [4.69, 9.17) is 19.3 Å². The number of rotatable bonds is 7. The Morgan fingerprint density at radius 2 is 1.78 bits per heavy atom. The fourth-order valence-corrected chi connectivity index (χ4v) is 2.99. The summed E-state index contributed by atoms with van der Waals surface area (Å²) in [5, 5.41) is 58.2. The molecule has 0 spiro atoms. The first kappa shape index (κ1) is 25.5. The zero-order valence-electron chi connectivity index (χ0n) is 14.3. The normalized spacial score (nSPS) is 41.1. The molecule has 9 atom stereocenters. The maximum atomic E-state index is 10.5. The van der Waals surface area contributed by atoms with Crippen molar-refractivity contribution in [2.75, 3.05) is 19.8 Å². The van der Waals surface area contributed by atoms with Crippen molar-refractivity contribution in [3.8, 4) is 0 Å². The third kappa shape index (κ3) is 6.50. The van der Waals surface area contributed by atoms with E-state index >= 15 is 0 Å². The second-order valence-electron chi connectivity index (χ2n) is 5.92. The molecular formula is C12H21NaO13S. The first-order chi connectivity index (χ1) is 12.0. The average molecular weight is 428 g/mol. The topological polar surface area (TPSA) is 215 Å². The Bertz CT molecular complexity index is 561. The second kappa shape index (κ2) is 10.5. The molecule has 0 unspecified atom stereocenters.